The lowest BCUT2D eigenvalue weighted by Gasteiger charge is -2.25. The molecule has 7 heteroatoms. The van der Waals surface area contributed by atoms with Crippen LogP contribution < -0.4 is 0 Å². The molecule has 1 aromatic heterocycles. The molecule has 1 saturated heterocycles. The molecule has 0 bridgehead atoms. The Morgan fingerprint density at radius 1 is 1.17 bits per heavy atom. The molecule has 0 radical (unpaired) electrons. The van der Waals surface area contributed by atoms with E-state index in [2.05, 4.69) is 0 Å². The van der Waals surface area contributed by atoms with Crippen molar-refractivity contribution >= 4 is 28.9 Å². The number of rotatable bonds is 7. The van der Waals surface area contributed by atoms with E-state index in [1.165, 1.54) is 31.1 Å². The average molecular weight is 427 g/mol. The van der Waals surface area contributed by atoms with Crippen LogP contribution >= 0.6 is 11.3 Å². The average Bonchev–Trinajstić information content (AvgIpc) is 3.46. The molecule has 2 aromatic rings. The van der Waals surface area contributed by atoms with Gasteiger partial charge in [-0.25, -0.2) is 0 Å². The molecular weight excluding hydrogens is 400 g/mol. The van der Waals surface area contributed by atoms with Crippen molar-refractivity contribution in [2.75, 3.05) is 26.2 Å². The van der Waals surface area contributed by atoms with Crippen molar-refractivity contribution in [2.24, 2.45) is 5.92 Å². The van der Waals surface area contributed by atoms with Crippen molar-refractivity contribution in [2.45, 2.75) is 32.4 Å². The summed E-state index contributed by atoms with van der Waals surface area (Å²) in [5.41, 5.74) is 1.51. The first-order valence-corrected chi connectivity index (χ1v) is 11.2. The van der Waals surface area contributed by atoms with E-state index in [1.54, 1.807) is 21.2 Å². The highest BCUT2D eigenvalue weighted by Gasteiger charge is 2.33. The molecule has 1 atom stereocenters. The molecule has 0 spiro atoms. The number of hydrogen-bond donors (Lipinski definition) is 0. The number of ether oxygens (including phenoxy) is 1. The summed E-state index contributed by atoms with van der Waals surface area (Å²) >= 11 is 1.26. The van der Waals surface area contributed by atoms with Gasteiger partial charge in [0.05, 0.1) is 16.5 Å². The van der Waals surface area contributed by atoms with Gasteiger partial charge < -0.3 is 14.5 Å². The van der Waals surface area contributed by atoms with Gasteiger partial charge in [-0.3, -0.25) is 14.4 Å². The molecule has 30 heavy (non-hydrogen) atoms. The molecule has 1 aliphatic heterocycles. The summed E-state index contributed by atoms with van der Waals surface area (Å²) in [4.78, 5) is 41.6. The molecule has 1 saturated carbocycles. The second-order valence-electron chi connectivity index (χ2n) is 8.10. The minimum Gasteiger partial charge on any atom is -0.374 e. The van der Waals surface area contributed by atoms with E-state index < -0.39 is 0 Å². The molecule has 1 aliphatic carbocycles. The number of ketones is 1. The van der Waals surface area contributed by atoms with Crippen LogP contribution in [-0.4, -0.2) is 59.7 Å². The Morgan fingerprint density at radius 3 is 2.60 bits per heavy atom. The lowest BCUT2D eigenvalue weighted by atomic mass is 10.2. The van der Waals surface area contributed by atoms with Crippen LogP contribution in [0.3, 0.4) is 0 Å². The van der Waals surface area contributed by atoms with Gasteiger partial charge in [0.25, 0.3) is 5.91 Å². The summed E-state index contributed by atoms with van der Waals surface area (Å²) < 4.78 is 6.12. The van der Waals surface area contributed by atoms with E-state index in [0.717, 1.165) is 5.56 Å². The van der Waals surface area contributed by atoms with Crippen LogP contribution in [0.25, 0.3) is 0 Å². The monoisotopic (exact) mass is 426 g/mol. The van der Waals surface area contributed by atoms with Crippen LogP contribution in [0.5, 0.6) is 0 Å². The Hall–Kier alpha value is -2.51. The number of Topliss-reactive ketones (excluding diaryl/α,β-unsaturated/α-hetero) is 1. The zero-order valence-electron chi connectivity index (χ0n) is 17.1. The summed E-state index contributed by atoms with van der Waals surface area (Å²) in [7, 11) is 0. The molecule has 0 N–H and O–H groups in total. The SMILES string of the molecule is CC(=O)c1cc(C(=O)N2CC(=O)N(Cc3ccccc3)C[C@@H](OCC3CC3)C2)cs1. The Bertz CT molecular complexity index is 922. The van der Waals surface area contributed by atoms with Crippen molar-refractivity contribution < 1.29 is 19.1 Å². The van der Waals surface area contributed by atoms with E-state index in [4.69, 9.17) is 4.74 Å². The third-order valence-electron chi connectivity index (χ3n) is 5.49. The number of amides is 2. The molecule has 2 fully saturated rings. The van der Waals surface area contributed by atoms with Gasteiger partial charge in [-0.15, -0.1) is 11.3 Å². The van der Waals surface area contributed by atoms with Crippen molar-refractivity contribution in [3.05, 3.63) is 57.8 Å². The topological polar surface area (TPSA) is 66.9 Å². The summed E-state index contributed by atoms with van der Waals surface area (Å²) in [6, 6.07) is 11.5. The molecular formula is C23H26N2O4S. The van der Waals surface area contributed by atoms with Gasteiger partial charge in [-0.05, 0) is 37.3 Å². The van der Waals surface area contributed by atoms with Crippen molar-refractivity contribution in [1.82, 2.24) is 9.80 Å². The fraction of sp³-hybridized carbons (Fsp3) is 0.435. The predicted molar refractivity (Wildman–Crippen MR) is 115 cm³/mol. The van der Waals surface area contributed by atoms with Gasteiger partial charge in [0.15, 0.2) is 5.78 Å². The van der Waals surface area contributed by atoms with E-state index in [-0.39, 0.29) is 30.2 Å². The fourth-order valence-electron chi connectivity index (χ4n) is 3.57. The van der Waals surface area contributed by atoms with Gasteiger partial charge in [0, 0.05) is 31.6 Å². The van der Waals surface area contributed by atoms with E-state index in [9.17, 15) is 14.4 Å². The molecule has 2 amide bonds. The Labute approximate surface area is 180 Å². The van der Waals surface area contributed by atoms with Gasteiger partial charge in [0.1, 0.15) is 6.54 Å². The van der Waals surface area contributed by atoms with Crippen LogP contribution in [0.15, 0.2) is 41.8 Å². The Kier molecular flexibility index (Phi) is 6.29. The number of carbonyl (C=O) groups is 3. The molecule has 2 aliphatic rings. The number of carbonyl (C=O) groups excluding carboxylic acids is 3. The maximum Gasteiger partial charge on any atom is 0.255 e. The van der Waals surface area contributed by atoms with Crippen LogP contribution in [-0.2, 0) is 16.1 Å². The minimum absolute atomic E-state index is 0.0141. The van der Waals surface area contributed by atoms with Crippen LogP contribution in [0.1, 0.15) is 45.4 Å². The number of benzene rings is 1. The van der Waals surface area contributed by atoms with Crippen molar-refractivity contribution in [1.29, 1.82) is 0 Å². The fourth-order valence-corrected chi connectivity index (χ4v) is 4.35. The number of hydrogen-bond acceptors (Lipinski definition) is 5. The van der Waals surface area contributed by atoms with Gasteiger partial charge in [-0.1, -0.05) is 30.3 Å². The summed E-state index contributed by atoms with van der Waals surface area (Å²) in [5, 5.41) is 1.69. The third-order valence-corrected chi connectivity index (χ3v) is 6.52. The smallest absolute Gasteiger partial charge is 0.255 e. The molecule has 2 heterocycles. The Morgan fingerprint density at radius 2 is 1.93 bits per heavy atom. The molecule has 0 unspecified atom stereocenters. The largest absolute Gasteiger partial charge is 0.374 e. The van der Waals surface area contributed by atoms with Crippen LogP contribution in [0.2, 0.25) is 0 Å². The lowest BCUT2D eigenvalue weighted by molar-refractivity contribution is -0.132. The van der Waals surface area contributed by atoms with Gasteiger partial charge in [0.2, 0.25) is 5.91 Å². The van der Waals surface area contributed by atoms with Gasteiger partial charge in [-0.2, -0.15) is 0 Å². The first-order chi connectivity index (χ1) is 14.5. The van der Waals surface area contributed by atoms with Crippen molar-refractivity contribution in [3.63, 3.8) is 0 Å². The lowest BCUT2D eigenvalue weighted by Crippen LogP contribution is -2.39. The first-order valence-electron chi connectivity index (χ1n) is 10.3. The molecule has 1 aromatic carbocycles. The zero-order valence-corrected chi connectivity index (χ0v) is 17.9. The third kappa shape index (κ3) is 5.15. The number of thiophene rings is 1. The highest BCUT2D eigenvalue weighted by molar-refractivity contribution is 7.12. The van der Waals surface area contributed by atoms with Crippen molar-refractivity contribution in [3.8, 4) is 0 Å². The summed E-state index contributed by atoms with van der Waals surface area (Å²) in [6.45, 7) is 3.50. The van der Waals surface area contributed by atoms with E-state index in [0.29, 0.717) is 42.6 Å². The van der Waals surface area contributed by atoms with Crippen LogP contribution in [0.4, 0.5) is 0 Å². The second kappa shape index (κ2) is 9.10. The quantitative estimate of drug-likeness (QED) is 0.638. The highest BCUT2D eigenvalue weighted by atomic mass is 32.1. The van der Waals surface area contributed by atoms with Gasteiger partial charge >= 0.3 is 0 Å². The minimum atomic E-state index is -0.228. The van der Waals surface area contributed by atoms with E-state index >= 15 is 0 Å². The predicted octanol–water partition coefficient (Wildman–Crippen LogP) is 3.23. The maximum absolute atomic E-state index is 13.1. The maximum atomic E-state index is 13.1. The normalized spacial score (nSPS) is 19.6. The number of nitrogens with zero attached hydrogens (tertiary/aromatic N) is 2. The molecule has 4 rings (SSSR count). The standard InChI is InChI=1S/C23H26N2O4S/c1-16(26)21-9-19(15-30-21)23(28)25-12-20(29-14-18-7-8-18)11-24(22(27)13-25)10-17-5-3-2-4-6-17/h2-6,9,15,18,20H,7-8,10-14H2,1H3/t20-/m1/s1. The Balaban J connectivity index is 1.51. The van der Waals surface area contributed by atoms with E-state index in [1.807, 2.05) is 30.3 Å². The summed E-state index contributed by atoms with van der Waals surface area (Å²) in [5.74, 6) is 0.219. The second-order valence-corrected chi connectivity index (χ2v) is 9.01. The summed E-state index contributed by atoms with van der Waals surface area (Å²) in [6.07, 6.45) is 2.14. The highest BCUT2D eigenvalue weighted by Crippen LogP contribution is 2.29. The van der Waals surface area contributed by atoms with Crippen LogP contribution in [0, 0.1) is 5.92 Å². The molecule has 158 valence electrons. The zero-order chi connectivity index (χ0) is 21.1. The molecule has 6 nitrogen and oxygen atoms in total. The first kappa shape index (κ1) is 20.8.